The molecule has 1 aromatic rings. The van der Waals surface area contributed by atoms with Gasteiger partial charge in [0, 0.05) is 31.9 Å². The Morgan fingerprint density at radius 2 is 1.90 bits per heavy atom. The molecule has 1 heterocycles. The van der Waals surface area contributed by atoms with Gasteiger partial charge in [-0.25, -0.2) is 13.6 Å². The minimum Gasteiger partial charge on any atom is -0.332 e. The molecule has 1 aromatic carbocycles. The summed E-state index contributed by atoms with van der Waals surface area (Å²) in [5.74, 6) is -1.44. The number of sulfonamides is 1. The lowest BCUT2D eigenvalue weighted by Gasteiger charge is -2.26. The second-order valence-corrected chi connectivity index (χ2v) is 6.13. The molecule has 2 amide bonds. The topological polar surface area (TPSA) is 122 Å². The van der Waals surface area contributed by atoms with Crippen LogP contribution >= 0.6 is 0 Å². The predicted octanol–water partition coefficient (Wildman–Crippen LogP) is -1.30. The average molecular weight is 312 g/mol. The number of rotatable bonds is 2. The van der Waals surface area contributed by atoms with E-state index >= 15 is 0 Å². The Morgan fingerprint density at radius 1 is 1.24 bits per heavy atom. The van der Waals surface area contributed by atoms with Crippen LogP contribution in [0.3, 0.4) is 0 Å². The smallest absolute Gasteiger partial charge is 0.313 e. The van der Waals surface area contributed by atoms with E-state index in [1.807, 2.05) is 0 Å². The van der Waals surface area contributed by atoms with Gasteiger partial charge in [0.1, 0.15) is 0 Å². The zero-order chi connectivity index (χ0) is 15.5. The number of benzene rings is 1. The van der Waals surface area contributed by atoms with E-state index in [-0.39, 0.29) is 10.6 Å². The Morgan fingerprint density at radius 3 is 2.52 bits per heavy atom. The highest BCUT2D eigenvalue weighted by atomic mass is 32.2. The van der Waals surface area contributed by atoms with Gasteiger partial charge in [-0.15, -0.1) is 0 Å². The Balaban J connectivity index is 2.07. The van der Waals surface area contributed by atoms with Gasteiger partial charge in [-0.3, -0.25) is 9.59 Å². The zero-order valence-electron chi connectivity index (χ0n) is 11.2. The molecule has 1 aliphatic rings. The van der Waals surface area contributed by atoms with E-state index < -0.39 is 21.8 Å². The summed E-state index contributed by atoms with van der Waals surface area (Å²) >= 11 is 0. The largest absolute Gasteiger partial charge is 0.332 e. The lowest BCUT2D eigenvalue weighted by Crippen LogP contribution is -2.49. The minimum atomic E-state index is -3.86. The van der Waals surface area contributed by atoms with Crippen molar-refractivity contribution in [3.8, 4) is 0 Å². The number of nitrogens with two attached hydrogens (primary N) is 1. The highest BCUT2D eigenvalue weighted by Crippen LogP contribution is 2.14. The third kappa shape index (κ3) is 4.00. The van der Waals surface area contributed by atoms with Gasteiger partial charge in [0.25, 0.3) is 0 Å². The maximum atomic E-state index is 11.9. The van der Waals surface area contributed by atoms with Crippen molar-refractivity contribution in [3.63, 3.8) is 0 Å². The van der Waals surface area contributed by atoms with Crippen LogP contribution in [0.5, 0.6) is 0 Å². The first-order valence-electron chi connectivity index (χ1n) is 6.32. The quantitative estimate of drug-likeness (QED) is 0.586. The van der Waals surface area contributed by atoms with E-state index in [9.17, 15) is 18.0 Å². The van der Waals surface area contributed by atoms with E-state index in [0.717, 1.165) is 0 Å². The minimum absolute atomic E-state index is 0.130. The summed E-state index contributed by atoms with van der Waals surface area (Å²) in [7, 11) is -3.86. The number of nitrogens with one attached hydrogen (secondary N) is 2. The molecular formula is C12H16N4O4S. The third-order valence-electron chi connectivity index (χ3n) is 3.02. The molecule has 0 spiro atoms. The second kappa shape index (κ2) is 6.20. The number of hydrogen-bond donors (Lipinski definition) is 3. The number of amides is 2. The highest BCUT2D eigenvalue weighted by Gasteiger charge is 2.23. The Labute approximate surface area is 122 Å². The number of anilines is 1. The van der Waals surface area contributed by atoms with Crippen molar-refractivity contribution in [2.24, 2.45) is 5.14 Å². The monoisotopic (exact) mass is 312 g/mol. The molecule has 2 rings (SSSR count). The Bertz CT molecular complexity index is 653. The van der Waals surface area contributed by atoms with Crippen LogP contribution in [0.15, 0.2) is 29.2 Å². The normalized spacial score (nSPS) is 15.6. The molecule has 4 N–H and O–H groups in total. The summed E-state index contributed by atoms with van der Waals surface area (Å²) in [6, 6.07) is 5.43. The van der Waals surface area contributed by atoms with Crippen LogP contribution in [0, 0.1) is 0 Å². The molecule has 0 saturated carbocycles. The molecule has 9 heteroatoms. The highest BCUT2D eigenvalue weighted by molar-refractivity contribution is 7.89. The number of primary sulfonamides is 1. The van der Waals surface area contributed by atoms with Gasteiger partial charge in [-0.1, -0.05) is 6.07 Å². The fraction of sp³-hybridized carbons (Fsp3) is 0.333. The predicted molar refractivity (Wildman–Crippen MR) is 75.9 cm³/mol. The standard InChI is InChI=1S/C12H16N4O4S/c13-21(19,20)10-3-1-2-9(8-10)15-11(17)12(18)16-6-4-14-5-7-16/h1-3,8,14H,4-7H2,(H,15,17)(H2,13,19,20). The molecule has 0 atom stereocenters. The van der Waals surface area contributed by atoms with Crippen molar-refractivity contribution in [1.29, 1.82) is 0 Å². The molecule has 114 valence electrons. The summed E-state index contributed by atoms with van der Waals surface area (Å²) in [5, 5.41) is 10.5. The number of carbonyl (C=O) groups excluding carboxylic acids is 2. The summed E-state index contributed by atoms with van der Waals surface area (Å²) < 4.78 is 22.5. The molecule has 0 unspecified atom stereocenters. The zero-order valence-corrected chi connectivity index (χ0v) is 12.0. The second-order valence-electron chi connectivity index (χ2n) is 4.57. The maximum Gasteiger partial charge on any atom is 0.313 e. The van der Waals surface area contributed by atoms with Gasteiger partial charge in [-0.2, -0.15) is 0 Å². The van der Waals surface area contributed by atoms with Crippen molar-refractivity contribution < 1.29 is 18.0 Å². The van der Waals surface area contributed by atoms with Gasteiger partial charge in [0.05, 0.1) is 4.90 Å². The molecule has 1 fully saturated rings. The average Bonchev–Trinajstić information content (AvgIpc) is 2.47. The number of carbonyl (C=O) groups is 2. The Kier molecular flexibility index (Phi) is 4.56. The summed E-state index contributed by atoms with van der Waals surface area (Å²) in [5.41, 5.74) is 0.204. The van der Waals surface area contributed by atoms with Crippen LogP contribution in [-0.2, 0) is 19.6 Å². The van der Waals surface area contributed by atoms with Crippen LogP contribution in [0.4, 0.5) is 5.69 Å². The molecule has 8 nitrogen and oxygen atoms in total. The van der Waals surface area contributed by atoms with Crippen LogP contribution in [0.25, 0.3) is 0 Å². The summed E-state index contributed by atoms with van der Waals surface area (Å²) in [4.78, 5) is 25.1. The summed E-state index contributed by atoms with van der Waals surface area (Å²) in [6.45, 7) is 2.20. The molecular weight excluding hydrogens is 296 g/mol. The first-order valence-corrected chi connectivity index (χ1v) is 7.86. The van der Waals surface area contributed by atoms with Crippen LogP contribution in [0.2, 0.25) is 0 Å². The van der Waals surface area contributed by atoms with E-state index in [2.05, 4.69) is 10.6 Å². The molecule has 1 saturated heterocycles. The molecule has 0 aromatic heterocycles. The van der Waals surface area contributed by atoms with Crippen molar-refractivity contribution in [2.75, 3.05) is 31.5 Å². The Hall–Kier alpha value is -1.97. The SMILES string of the molecule is NS(=O)(=O)c1cccc(NC(=O)C(=O)N2CCNCC2)c1. The van der Waals surface area contributed by atoms with E-state index in [1.54, 1.807) is 0 Å². The van der Waals surface area contributed by atoms with Gasteiger partial charge in [0.2, 0.25) is 10.0 Å². The molecule has 1 aliphatic heterocycles. The maximum absolute atomic E-state index is 11.9. The number of nitrogens with zero attached hydrogens (tertiary/aromatic N) is 1. The van der Waals surface area contributed by atoms with Crippen molar-refractivity contribution >= 4 is 27.5 Å². The molecule has 0 radical (unpaired) electrons. The van der Waals surface area contributed by atoms with Crippen LogP contribution < -0.4 is 15.8 Å². The fourth-order valence-corrected chi connectivity index (χ4v) is 2.51. The lowest BCUT2D eigenvalue weighted by molar-refractivity contribution is -0.143. The third-order valence-corrected chi connectivity index (χ3v) is 3.93. The van der Waals surface area contributed by atoms with E-state index in [1.165, 1.54) is 29.2 Å². The van der Waals surface area contributed by atoms with Crippen LogP contribution in [0.1, 0.15) is 0 Å². The summed E-state index contributed by atoms with van der Waals surface area (Å²) in [6.07, 6.45) is 0. The van der Waals surface area contributed by atoms with Crippen LogP contribution in [-0.4, -0.2) is 51.3 Å². The van der Waals surface area contributed by atoms with Gasteiger partial charge < -0.3 is 15.5 Å². The van der Waals surface area contributed by atoms with Crippen molar-refractivity contribution in [1.82, 2.24) is 10.2 Å². The number of hydrogen-bond acceptors (Lipinski definition) is 5. The number of piperazine rings is 1. The van der Waals surface area contributed by atoms with E-state index in [4.69, 9.17) is 5.14 Å². The van der Waals surface area contributed by atoms with Gasteiger partial charge in [-0.05, 0) is 18.2 Å². The fourth-order valence-electron chi connectivity index (χ4n) is 1.95. The van der Waals surface area contributed by atoms with Gasteiger partial charge >= 0.3 is 11.8 Å². The van der Waals surface area contributed by atoms with Crippen molar-refractivity contribution in [2.45, 2.75) is 4.90 Å². The first-order chi connectivity index (χ1) is 9.88. The molecule has 0 bridgehead atoms. The van der Waals surface area contributed by atoms with E-state index in [0.29, 0.717) is 26.2 Å². The van der Waals surface area contributed by atoms with Gasteiger partial charge in [0.15, 0.2) is 0 Å². The molecule has 21 heavy (non-hydrogen) atoms. The lowest BCUT2D eigenvalue weighted by atomic mass is 10.3. The first kappa shape index (κ1) is 15.4. The molecule has 0 aliphatic carbocycles. The van der Waals surface area contributed by atoms with Crippen molar-refractivity contribution in [3.05, 3.63) is 24.3 Å².